The van der Waals surface area contributed by atoms with Crippen molar-refractivity contribution in [3.8, 4) is 11.5 Å². The van der Waals surface area contributed by atoms with Crippen molar-refractivity contribution in [2.75, 3.05) is 34.4 Å². The van der Waals surface area contributed by atoms with Crippen molar-refractivity contribution in [1.82, 2.24) is 14.9 Å². The van der Waals surface area contributed by atoms with E-state index in [9.17, 15) is 26.8 Å². The maximum absolute atomic E-state index is 13.2. The summed E-state index contributed by atoms with van der Waals surface area (Å²) in [5.74, 6) is -2.34. The third-order valence-electron chi connectivity index (χ3n) is 4.41. The summed E-state index contributed by atoms with van der Waals surface area (Å²) in [6, 6.07) is 7.14. The number of nitrogens with one attached hydrogen (secondary N) is 2. The van der Waals surface area contributed by atoms with Crippen LogP contribution in [0, 0.1) is 11.6 Å². The van der Waals surface area contributed by atoms with Crippen molar-refractivity contribution in [1.29, 1.82) is 0 Å². The lowest BCUT2D eigenvalue weighted by atomic mass is 10.2. The first-order valence-corrected chi connectivity index (χ1v) is 11.2. The van der Waals surface area contributed by atoms with Crippen LogP contribution in [-0.2, 0) is 26.2 Å². The van der Waals surface area contributed by atoms with Gasteiger partial charge >= 0.3 is 0 Å². The second-order valence-electron chi connectivity index (χ2n) is 7.06. The van der Waals surface area contributed by atoms with E-state index in [2.05, 4.69) is 10.0 Å². The van der Waals surface area contributed by atoms with Crippen LogP contribution in [0.25, 0.3) is 0 Å². The van der Waals surface area contributed by atoms with E-state index < -0.39 is 32.5 Å². The molecule has 0 aliphatic rings. The molecule has 2 aromatic carbocycles. The molecule has 2 aromatic rings. The van der Waals surface area contributed by atoms with Crippen LogP contribution < -0.4 is 19.5 Å². The number of amides is 2. The summed E-state index contributed by atoms with van der Waals surface area (Å²) in [7, 11) is 0.581. The van der Waals surface area contributed by atoms with E-state index in [1.54, 1.807) is 32.3 Å². The molecule has 0 radical (unpaired) electrons. The number of benzene rings is 2. The minimum Gasteiger partial charge on any atom is -0.493 e. The summed E-state index contributed by atoms with van der Waals surface area (Å²) >= 11 is 0. The molecule has 0 spiro atoms. The molecule has 9 nitrogen and oxygen atoms in total. The van der Waals surface area contributed by atoms with Crippen LogP contribution in [0.3, 0.4) is 0 Å². The number of carbonyl (C=O) groups is 2. The summed E-state index contributed by atoms with van der Waals surface area (Å²) in [4.78, 5) is 24.7. The number of nitrogens with zero attached hydrogens (tertiary/aromatic N) is 1. The standard InChI is InChI=1S/C21H25F2N3O6S/c1-26(2)21(28)13-32-18-7-4-14(10-19(18)31-3)12-24-20(27)8-9-25-33(29,30)15-5-6-16(22)17(23)11-15/h4-7,10-11,25H,8-9,12-13H2,1-3H3,(H,24,27). The smallest absolute Gasteiger partial charge is 0.259 e. The molecule has 0 aromatic heterocycles. The normalized spacial score (nSPS) is 11.1. The van der Waals surface area contributed by atoms with E-state index in [0.29, 0.717) is 29.2 Å². The lowest BCUT2D eigenvalue weighted by Crippen LogP contribution is -2.30. The van der Waals surface area contributed by atoms with E-state index in [-0.39, 0.29) is 32.0 Å². The van der Waals surface area contributed by atoms with Gasteiger partial charge in [0.25, 0.3) is 5.91 Å². The van der Waals surface area contributed by atoms with Crippen LogP contribution in [0.15, 0.2) is 41.3 Å². The number of hydrogen-bond donors (Lipinski definition) is 2. The molecule has 0 heterocycles. The number of methoxy groups -OCH3 is 1. The number of rotatable bonds is 11. The number of sulfonamides is 1. The second-order valence-corrected chi connectivity index (χ2v) is 8.83. The van der Waals surface area contributed by atoms with Crippen molar-refractivity contribution in [3.05, 3.63) is 53.6 Å². The Hall–Kier alpha value is -3.25. The molecule has 0 aliphatic heterocycles. The Kier molecular flexibility index (Phi) is 9.12. The summed E-state index contributed by atoms with van der Waals surface area (Å²) < 4.78 is 63.3. The van der Waals surface area contributed by atoms with Gasteiger partial charge in [-0.25, -0.2) is 21.9 Å². The molecule has 0 saturated carbocycles. The molecule has 2 N–H and O–H groups in total. The number of likely N-dealkylation sites (N-methyl/N-ethyl adjacent to an activating group) is 1. The third kappa shape index (κ3) is 7.68. The Morgan fingerprint density at radius 2 is 1.76 bits per heavy atom. The average molecular weight is 486 g/mol. The minimum atomic E-state index is -4.09. The fourth-order valence-electron chi connectivity index (χ4n) is 2.53. The average Bonchev–Trinajstić information content (AvgIpc) is 2.77. The number of halogens is 2. The van der Waals surface area contributed by atoms with E-state index >= 15 is 0 Å². The van der Waals surface area contributed by atoms with Crippen LogP contribution in [0.1, 0.15) is 12.0 Å². The second kappa shape index (κ2) is 11.6. The van der Waals surface area contributed by atoms with E-state index in [1.165, 1.54) is 12.0 Å². The summed E-state index contributed by atoms with van der Waals surface area (Å²) in [5, 5.41) is 2.64. The molecule has 0 saturated heterocycles. The summed E-state index contributed by atoms with van der Waals surface area (Å²) in [6.45, 7) is -0.245. The van der Waals surface area contributed by atoms with Crippen molar-refractivity contribution in [3.63, 3.8) is 0 Å². The van der Waals surface area contributed by atoms with Crippen molar-refractivity contribution in [2.45, 2.75) is 17.9 Å². The van der Waals surface area contributed by atoms with Crippen LogP contribution in [0.5, 0.6) is 11.5 Å². The van der Waals surface area contributed by atoms with Gasteiger partial charge in [0.2, 0.25) is 15.9 Å². The molecule has 0 fully saturated rings. The predicted octanol–water partition coefficient (Wildman–Crippen LogP) is 1.43. The molecular formula is C21H25F2N3O6S. The van der Waals surface area contributed by atoms with Crippen LogP contribution >= 0.6 is 0 Å². The first-order valence-electron chi connectivity index (χ1n) is 9.74. The monoisotopic (exact) mass is 485 g/mol. The maximum atomic E-state index is 13.2. The zero-order chi connectivity index (χ0) is 24.6. The predicted molar refractivity (Wildman–Crippen MR) is 115 cm³/mol. The fraction of sp³-hybridized carbons (Fsp3) is 0.333. The van der Waals surface area contributed by atoms with Gasteiger partial charge in [-0.3, -0.25) is 9.59 Å². The van der Waals surface area contributed by atoms with Gasteiger partial charge in [0, 0.05) is 33.6 Å². The van der Waals surface area contributed by atoms with Crippen molar-refractivity contribution >= 4 is 21.8 Å². The number of hydrogen-bond acceptors (Lipinski definition) is 6. The Morgan fingerprint density at radius 1 is 1.03 bits per heavy atom. The van der Waals surface area contributed by atoms with Gasteiger partial charge in [-0.2, -0.15) is 0 Å². The fourth-order valence-corrected chi connectivity index (χ4v) is 3.57. The first kappa shape index (κ1) is 26.0. The quantitative estimate of drug-likeness (QED) is 0.498. The van der Waals surface area contributed by atoms with Crippen LogP contribution in [0.2, 0.25) is 0 Å². The highest BCUT2D eigenvalue weighted by molar-refractivity contribution is 7.89. The first-order chi connectivity index (χ1) is 15.5. The molecule has 0 aliphatic carbocycles. The molecule has 180 valence electrons. The van der Waals surface area contributed by atoms with Gasteiger partial charge < -0.3 is 19.7 Å². The third-order valence-corrected chi connectivity index (χ3v) is 5.87. The van der Waals surface area contributed by atoms with E-state index in [0.717, 1.165) is 6.07 Å². The topological polar surface area (TPSA) is 114 Å². The Labute approximate surface area is 190 Å². The number of carbonyl (C=O) groups excluding carboxylic acids is 2. The van der Waals surface area contributed by atoms with Crippen LogP contribution in [-0.4, -0.2) is 59.5 Å². The Bertz CT molecular complexity index is 1110. The highest BCUT2D eigenvalue weighted by Gasteiger charge is 2.17. The molecule has 12 heteroatoms. The molecular weight excluding hydrogens is 460 g/mol. The van der Waals surface area contributed by atoms with E-state index in [1.807, 2.05) is 0 Å². The largest absolute Gasteiger partial charge is 0.493 e. The van der Waals surface area contributed by atoms with Gasteiger partial charge in [-0.15, -0.1) is 0 Å². The van der Waals surface area contributed by atoms with Crippen molar-refractivity contribution < 1.29 is 36.3 Å². The van der Waals surface area contributed by atoms with Gasteiger partial charge in [-0.1, -0.05) is 6.07 Å². The number of ether oxygens (including phenoxy) is 2. The van der Waals surface area contributed by atoms with Gasteiger partial charge in [0.05, 0.1) is 12.0 Å². The van der Waals surface area contributed by atoms with Gasteiger partial charge in [-0.05, 0) is 35.9 Å². The minimum absolute atomic E-state index is 0.141. The molecule has 33 heavy (non-hydrogen) atoms. The van der Waals surface area contributed by atoms with Gasteiger partial charge in [0.1, 0.15) is 0 Å². The maximum Gasteiger partial charge on any atom is 0.259 e. The van der Waals surface area contributed by atoms with Gasteiger partial charge in [0.15, 0.2) is 29.7 Å². The SMILES string of the molecule is COc1cc(CNC(=O)CCNS(=O)(=O)c2ccc(F)c(F)c2)ccc1OCC(=O)N(C)C. The molecule has 0 atom stereocenters. The Morgan fingerprint density at radius 3 is 2.39 bits per heavy atom. The zero-order valence-electron chi connectivity index (χ0n) is 18.4. The van der Waals surface area contributed by atoms with E-state index in [4.69, 9.17) is 9.47 Å². The Balaban J connectivity index is 1.85. The summed E-state index contributed by atoms with van der Waals surface area (Å²) in [5.41, 5.74) is 0.689. The lowest BCUT2D eigenvalue weighted by Gasteiger charge is -2.14. The van der Waals surface area contributed by atoms with Crippen molar-refractivity contribution in [2.24, 2.45) is 0 Å². The molecule has 0 bridgehead atoms. The lowest BCUT2D eigenvalue weighted by molar-refractivity contribution is -0.130. The molecule has 2 amide bonds. The molecule has 2 rings (SSSR count). The highest BCUT2D eigenvalue weighted by Crippen LogP contribution is 2.28. The molecule has 0 unspecified atom stereocenters. The summed E-state index contributed by atoms with van der Waals surface area (Å²) in [6.07, 6.45) is -0.173. The van der Waals surface area contributed by atoms with Crippen LogP contribution in [0.4, 0.5) is 8.78 Å². The zero-order valence-corrected chi connectivity index (χ0v) is 19.2. The highest BCUT2D eigenvalue weighted by atomic mass is 32.2.